The van der Waals surface area contributed by atoms with E-state index in [0.29, 0.717) is 22.5 Å². The van der Waals surface area contributed by atoms with Gasteiger partial charge in [-0.15, -0.1) is 0 Å². The van der Waals surface area contributed by atoms with Crippen LogP contribution in [0.2, 0.25) is 0 Å². The van der Waals surface area contributed by atoms with Gasteiger partial charge in [0.2, 0.25) is 10.0 Å². The zero-order valence-corrected chi connectivity index (χ0v) is 17.3. The van der Waals surface area contributed by atoms with Crippen LogP contribution in [0, 0.1) is 0 Å². The number of nitrogens with one attached hydrogen (secondary N) is 1. The van der Waals surface area contributed by atoms with Gasteiger partial charge in [0, 0.05) is 28.8 Å². The van der Waals surface area contributed by atoms with Gasteiger partial charge in [0.25, 0.3) is 0 Å². The Morgan fingerprint density at radius 3 is 2.37 bits per heavy atom. The van der Waals surface area contributed by atoms with Crippen molar-refractivity contribution in [3.63, 3.8) is 0 Å². The molecule has 140 valence electrons. The Hall–Kier alpha value is -2.38. The number of aromatic nitrogens is 1. The number of sulfonamides is 1. The third kappa shape index (κ3) is 3.99. The highest BCUT2D eigenvalue weighted by Crippen LogP contribution is 2.28. The molecule has 0 saturated heterocycles. The number of halogens is 1. The van der Waals surface area contributed by atoms with Crippen molar-refractivity contribution in [1.82, 2.24) is 4.98 Å². The molecule has 0 saturated carbocycles. The molecule has 1 N–H and O–H groups in total. The smallest absolute Gasteiger partial charge is 0.242 e. The molecule has 0 aliphatic rings. The van der Waals surface area contributed by atoms with Crippen LogP contribution in [0.3, 0.4) is 0 Å². The zero-order valence-electron chi connectivity index (χ0n) is 14.9. The Labute approximate surface area is 167 Å². The number of benzene rings is 2. The number of carbonyl (C=O) groups excluding carboxylic acids is 1. The number of carbonyl (C=O) groups is 1. The lowest BCUT2D eigenvalue weighted by Gasteiger charge is -2.23. The van der Waals surface area contributed by atoms with E-state index in [4.69, 9.17) is 0 Å². The Kier molecular flexibility index (Phi) is 5.53. The summed E-state index contributed by atoms with van der Waals surface area (Å²) in [4.78, 5) is 15.6. The highest BCUT2D eigenvalue weighted by Gasteiger charge is 2.28. The second-order valence-electron chi connectivity index (χ2n) is 6.17. The maximum absolute atomic E-state index is 12.9. The molecule has 0 radical (unpaired) electrons. The highest BCUT2D eigenvalue weighted by atomic mass is 79.9. The van der Waals surface area contributed by atoms with Crippen LogP contribution in [0.5, 0.6) is 0 Å². The minimum Gasteiger partial charge on any atom is -0.348 e. The van der Waals surface area contributed by atoms with Gasteiger partial charge in [0.05, 0.1) is 0 Å². The average molecular weight is 447 g/mol. The van der Waals surface area contributed by atoms with Crippen LogP contribution in [-0.2, 0) is 10.0 Å². The second-order valence-corrected chi connectivity index (χ2v) is 9.37. The zero-order chi connectivity index (χ0) is 19.6. The molecule has 5 nitrogen and oxygen atoms in total. The van der Waals surface area contributed by atoms with Crippen molar-refractivity contribution in [2.45, 2.75) is 12.2 Å². The first kappa shape index (κ1) is 19.4. The maximum Gasteiger partial charge on any atom is 0.242 e. The molecule has 2 aromatic carbocycles. The minimum atomic E-state index is -3.64. The summed E-state index contributed by atoms with van der Waals surface area (Å²) in [5, 5.41) is -0.802. The summed E-state index contributed by atoms with van der Waals surface area (Å²) in [6.45, 7) is 1.62. The van der Waals surface area contributed by atoms with E-state index >= 15 is 0 Å². The van der Waals surface area contributed by atoms with Crippen molar-refractivity contribution >= 4 is 37.6 Å². The lowest BCUT2D eigenvalue weighted by molar-refractivity contribution is 0.103. The fourth-order valence-corrected chi connectivity index (χ4v) is 4.38. The van der Waals surface area contributed by atoms with E-state index < -0.39 is 15.3 Å². The summed E-state index contributed by atoms with van der Waals surface area (Å²) in [5.74, 6) is 0.343. The van der Waals surface area contributed by atoms with Crippen molar-refractivity contribution in [3.8, 4) is 0 Å². The third-order valence-corrected chi connectivity index (χ3v) is 7.13. The summed E-state index contributed by atoms with van der Waals surface area (Å²) in [6.07, 6.45) is 1.67. The van der Waals surface area contributed by atoms with Crippen LogP contribution in [0.15, 0.2) is 71.3 Å². The van der Waals surface area contributed by atoms with Crippen LogP contribution in [0.4, 0.5) is 5.82 Å². The standard InChI is InChI=1S/C20H19BrN2O3S/c1-14(27(25,26)23(2)19-7-4-12-22-19)16-5-3-6-17(13-16)20(24)15-8-10-18(21)11-9-15/h3-14,22H,1-2H3. The average Bonchev–Trinajstić information content (AvgIpc) is 3.21. The molecular weight excluding hydrogens is 428 g/mol. The van der Waals surface area contributed by atoms with Crippen LogP contribution < -0.4 is 4.31 Å². The molecule has 1 atom stereocenters. The molecule has 1 aromatic heterocycles. The number of hydrogen-bond donors (Lipinski definition) is 1. The third-order valence-electron chi connectivity index (χ3n) is 4.47. The topological polar surface area (TPSA) is 70.2 Å². The Bertz CT molecular complexity index is 1050. The first-order valence-corrected chi connectivity index (χ1v) is 10.6. The second kappa shape index (κ2) is 7.70. The first-order chi connectivity index (χ1) is 12.8. The number of rotatable bonds is 6. The quantitative estimate of drug-likeness (QED) is 0.565. The van der Waals surface area contributed by atoms with E-state index in [1.54, 1.807) is 73.8 Å². The molecule has 3 aromatic rings. The van der Waals surface area contributed by atoms with Gasteiger partial charge in [-0.2, -0.15) is 0 Å². The predicted molar refractivity (Wildman–Crippen MR) is 111 cm³/mol. The van der Waals surface area contributed by atoms with Crippen molar-refractivity contribution in [2.24, 2.45) is 0 Å². The molecule has 0 aliphatic carbocycles. The van der Waals surface area contributed by atoms with Crippen LogP contribution >= 0.6 is 15.9 Å². The summed E-state index contributed by atoms with van der Waals surface area (Å²) < 4.78 is 28.0. The molecule has 7 heteroatoms. The largest absolute Gasteiger partial charge is 0.348 e. The summed E-state index contributed by atoms with van der Waals surface area (Å²) in [5.41, 5.74) is 1.57. The van der Waals surface area contributed by atoms with E-state index in [0.717, 1.165) is 4.47 Å². The summed E-state index contributed by atoms with van der Waals surface area (Å²) in [6, 6.07) is 17.3. The van der Waals surface area contributed by atoms with Gasteiger partial charge in [-0.3, -0.25) is 9.10 Å². The van der Waals surface area contributed by atoms with Gasteiger partial charge in [0.1, 0.15) is 11.1 Å². The van der Waals surface area contributed by atoms with Crippen molar-refractivity contribution in [1.29, 1.82) is 0 Å². The fourth-order valence-electron chi connectivity index (χ4n) is 2.76. The van der Waals surface area contributed by atoms with Crippen molar-refractivity contribution in [2.75, 3.05) is 11.4 Å². The molecule has 0 bridgehead atoms. The van der Waals surface area contributed by atoms with E-state index in [2.05, 4.69) is 20.9 Å². The first-order valence-electron chi connectivity index (χ1n) is 8.32. The van der Waals surface area contributed by atoms with Gasteiger partial charge < -0.3 is 4.98 Å². The molecule has 1 unspecified atom stereocenters. The van der Waals surface area contributed by atoms with Crippen molar-refractivity contribution < 1.29 is 13.2 Å². The monoisotopic (exact) mass is 446 g/mol. The van der Waals surface area contributed by atoms with Gasteiger partial charge in [-0.05, 0) is 55.0 Å². The molecule has 3 rings (SSSR count). The summed E-state index contributed by atoms with van der Waals surface area (Å²) in [7, 11) is -2.13. The van der Waals surface area contributed by atoms with E-state index in [1.165, 1.54) is 11.4 Å². The van der Waals surface area contributed by atoms with Crippen LogP contribution in [-0.4, -0.2) is 26.2 Å². The van der Waals surface area contributed by atoms with Gasteiger partial charge >= 0.3 is 0 Å². The van der Waals surface area contributed by atoms with Crippen molar-refractivity contribution in [3.05, 3.63) is 88.0 Å². The lowest BCUT2D eigenvalue weighted by atomic mass is 10.0. The number of ketones is 1. The molecule has 0 fully saturated rings. The SMILES string of the molecule is CC(c1cccc(C(=O)c2ccc(Br)cc2)c1)S(=O)(=O)N(C)c1ccc[nH]1. The minimum absolute atomic E-state index is 0.147. The number of nitrogens with zero attached hydrogens (tertiary/aromatic N) is 1. The molecular formula is C20H19BrN2O3S. The normalized spacial score (nSPS) is 12.6. The molecule has 27 heavy (non-hydrogen) atoms. The van der Waals surface area contributed by atoms with E-state index in [9.17, 15) is 13.2 Å². The molecule has 1 heterocycles. The Morgan fingerprint density at radius 1 is 1.04 bits per heavy atom. The van der Waals surface area contributed by atoms with Gasteiger partial charge in [0.15, 0.2) is 5.78 Å². The maximum atomic E-state index is 12.9. The highest BCUT2D eigenvalue weighted by molar-refractivity contribution is 9.10. The number of anilines is 1. The van der Waals surface area contributed by atoms with Crippen LogP contribution in [0.1, 0.15) is 33.7 Å². The summed E-state index contributed by atoms with van der Waals surface area (Å²) >= 11 is 3.35. The number of H-pyrrole nitrogens is 1. The van der Waals surface area contributed by atoms with E-state index in [-0.39, 0.29) is 5.78 Å². The predicted octanol–water partition coefficient (Wildman–Crippen LogP) is 4.54. The number of aromatic amines is 1. The molecule has 0 spiro atoms. The number of hydrogen-bond acceptors (Lipinski definition) is 3. The van der Waals surface area contributed by atoms with Crippen LogP contribution in [0.25, 0.3) is 0 Å². The van der Waals surface area contributed by atoms with Gasteiger partial charge in [-0.1, -0.05) is 34.1 Å². The fraction of sp³-hybridized carbons (Fsp3) is 0.150. The Balaban J connectivity index is 1.90. The lowest BCUT2D eigenvalue weighted by Crippen LogP contribution is -2.30. The molecule has 0 aliphatic heterocycles. The van der Waals surface area contributed by atoms with E-state index in [1.807, 2.05) is 0 Å². The molecule has 0 amide bonds. The van der Waals surface area contributed by atoms with Gasteiger partial charge in [-0.25, -0.2) is 8.42 Å². The Morgan fingerprint density at radius 2 is 1.74 bits per heavy atom.